The van der Waals surface area contributed by atoms with E-state index in [4.69, 9.17) is 15.1 Å². The minimum atomic E-state index is 0.483. The Bertz CT molecular complexity index is 915. The Morgan fingerprint density at radius 3 is 2.92 bits per heavy atom. The van der Waals surface area contributed by atoms with E-state index in [-0.39, 0.29) is 0 Å². The average molecular weight is 359 g/mol. The van der Waals surface area contributed by atoms with Crippen LogP contribution in [0.1, 0.15) is 53.8 Å². The third-order valence-corrected chi connectivity index (χ3v) is 6.57. The van der Waals surface area contributed by atoms with Crippen molar-refractivity contribution in [1.29, 1.82) is 0 Å². The van der Waals surface area contributed by atoms with Gasteiger partial charge in [0.15, 0.2) is 5.16 Å². The maximum atomic E-state index is 6.24. The molecule has 5 rings (SSSR count). The summed E-state index contributed by atoms with van der Waals surface area (Å²) in [5.74, 6) is 3.07. The number of nitrogens with two attached hydrogens (primary N) is 1. The van der Waals surface area contributed by atoms with Gasteiger partial charge < -0.3 is 10.2 Å². The molecular formula is C16H17N5OS2. The predicted molar refractivity (Wildman–Crippen MR) is 94.3 cm³/mol. The van der Waals surface area contributed by atoms with E-state index in [1.165, 1.54) is 35.0 Å². The second-order valence-electron chi connectivity index (χ2n) is 6.38. The van der Waals surface area contributed by atoms with Crippen LogP contribution in [0.5, 0.6) is 0 Å². The van der Waals surface area contributed by atoms with Gasteiger partial charge in [-0.1, -0.05) is 11.8 Å². The van der Waals surface area contributed by atoms with Gasteiger partial charge in [0.05, 0.1) is 11.1 Å². The van der Waals surface area contributed by atoms with E-state index in [9.17, 15) is 0 Å². The molecule has 0 bridgehead atoms. The summed E-state index contributed by atoms with van der Waals surface area (Å²) in [7, 11) is 0. The lowest BCUT2D eigenvalue weighted by molar-refractivity contribution is 0.466. The molecule has 3 aromatic rings. The number of aromatic nitrogens is 4. The molecule has 0 unspecified atom stereocenters. The Hall–Kier alpha value is -1.67. The largest absolute Gasteiger partial charge is 0.424 e. The minimum Gasteiger partial charge on any atom is -0.424 e. The molecule has 0 radical (unpaired) electrons. The summed E-state index contributed by atoms with van der Waals surface area (Å²) in [5.41, 5.74) is 7.61. The Balaban J connectivity index is 1.40. The number of thiophene rings is 1. The van der Waals surface area contributed by atoms with Gasteiger partial charge in [0.1, 0.15) is 10.6 Å². The average Bonchev–Trinajstić information content (AvgIpc) is 3.20. The van der Waals surface area contributed by atoms with Crippen LogP contribution in [0.25, 0.3) is 10.2 Å². The predicted octanol–water partition coefficient (Wildman–Crippen LogP) is 3.71. The summed E-state index contributed by atoms with van der Waals surface area (Å²) in [6.45, 7) is 0. The lowest BCUT2D eigenvalue weighted by Crippen LogP contribution is -2.01. The molecule has 1 saturated carbocycles. The monoisotopic (exact) mass is 359 g/mol. The van der Waals surface area contributed by atoms with E-state index >= 15 is 0 Å². The molecule has 0 spiro atoms. The highest BCUT2D eigenvalue weighted by atomic mass is 32.2. The number of fused-ring (bicyclic) bond motifs is 3. The van der Waals surface area contributed by atoms with E-state index in [1.54, 1.807) is 11.3 Å². The SMILES string of the molecule is Nc1nc(SCc2nnc(C3CC3)o2)nc2sc3c(c12)CCCC3. The van der Waals surface area contributed by atoms with Gasteiger partial charge in [-0.3, -0.25) is 0 Å². The van der Waals surface area contributed by atoms with Crippen LogP contribution < -0.4 is 5.73 Å². The van der Waals surface area contributed by atoms with Gasteiger partial charge in [-0.2, -0.15) is 0 Å². The van der Waals surface area contributed by atoms with Crippen molar-refractivity contribution in [2.45, 2.75) is 55.4 Å². The zero-order chi connectivity index (χ0) is 16.1. The number of hydrogen-bond acceptors (Lipinski definition) is 8. The third-order valence-electron chi connectivity index (χ3n) is 4.56. The summed E-state index contributed by atoms with van der Waals surface area (Å²) in [5, 5.41) is 9.98. The van der Waals surface area contributed by atoms with Crippen molar-refractivity contribution in [3.63, 3.8) is 0 Å². The molecule has 3 aromatic heterocycles. The zero-order valence-electron chi connectivity index (χ0n) is 13.1. The number of nitrogens with zero attached hydrogens (tertiary/aromatic N) is 4. The van der Waals surface area contributed by atoms with E-state index < -0.39 is 0 Å². The first-order valence-corrected chi connectivity index (χ1v) is 10.1. The molecular weight excluding hydrogens is 342 g/mol. The van der Waals surface area contributed by atoms with E-state index in [2.05, 4.69) is 15.2 Å². The Morgan fingerprint density at radius 1 is 1.17 bits per heavy atom. The van der Waals surface area contributed by atoms with Crippen LogP contribution in [0, 0.1) is 0 Å². The van der Waals surface area contributed by atoms with Crippen molar-refractivity contribution in [2.75, 3.05) is 5.73 Å². The molecule has 6 nitrogen and oxygen atoms in total. The van der Waals surface area contributed by atoms with Crippen molar-refractivity contribution in [3.05, 3.63) is 22.2 Å². The number of aryl methyl sites for hydroxylation is 2. The quantitative estimate of drug-likeness (QED) is 0.561. The standard InChI is InChI=1S/C16H17N5OS2/c17-13-12-9-3-1-2-4-10(9)24-15(12)19-16(18-13)23-7-11-20-21-14(22-11)8-5-6-8/h8H,1-7H2,(H2,17,18,19). The summed E-state index contributed by atoms with van der Waals surface area (Å²) < 4.78 is 5.69. The van der Waals surface area contributed by atoms with Crippen LogP contribution in [-0.4, -0.2) is 20.2 Å². The number of nitrogen functional groups attached to an aromatic ring is 1. The molecule has 24 heavy (non-hydrogen) atoms. The van der Waals surface area contributed by atoms with Crippen molar-refractivity contribution < 1.29 is 4.42 Å². The second-order valence-corrected chi connectivity index (χ2v) is 8.41. The van der Waals surface area contributed by atoms with E-state index in [0.29, 0.717) is 28.5 Å². The first-order chi connectivity index (χ1) is 11.8. The summed E-state index contributed by atoms with van der Waals surface area (Å²) in [4.78, 5) is 11.7. The molecule has 124 valence electrons. The van der Waals surface area contributed by atoms with Crippen LogP contribution >= 0.6 is 23.1 Å². The van der Waals surface area contributed by atoms with Gasteiger partial charge in [-0.15, -0.1) is 21.5 Å². The topological polar surface area (TPSA) is 90.7 Å². The molecule has 2 aliphatic carbocycles. The first kappa shape index (κ1) is 14.7. The lowest BCUT2D eigenvalue weighted by Gasteiger charge is -2.10. The molecule has 3 heterocycles. The summed E-state index contributed by atoms with van der Waals surface area (Å²) in [6.07, 6.45) is 7.05. The highest BCUT2D eigenvalue weighted by molar-refractivity contribution is 7.98. The van der Waals surface area contributed by atoms with E-state index in [0.717, 1.165) is 41.8 Å². The normalized spacial score (nSPS) is 17.3. The smallest absolute Gasteiger partial charge is 0.226 e. The molecule has 8 heteroatoms. The van der Waals surface area contributed by atoms with Crippen molar-refractivity contribution in [3.8, 4) is 0 Å². The maximum Gasteiger partial charge on any atom is 0.226 e. The van der Waals surface area contributed by atoms with Gasteiger partial charge in [0, 0.05) is 10.8 Å². The number of thioether (sulfide) groups is 1. The van der Waals surface area contributed by atoms with Crippen LogP contribution in [-0.2, 0) is 18.6 Å². The molecule has 0 amide bonds. The maximum absolute atomic E-state index is 6.24. The zero-order valence-corrected chi connectivity index (χ0v) is 14.8. The van der Waals surface area contributed by atoms with Gasteiger partial charge in [0.25, 0.3) is 0 Å². The Kier molecular flexibility index (Phi) is 3.48. The second kappa shape index (κ2) is 5.70. The molecule has 2 N–H and O–H groups in total. The molecule has 0 atom stereocenters. The van der Waals surface area contributed by atoms with Crippen LogP contribution in [0.4, 0.5) is 5.82 Å². The fourth-order valence-corrected chi connectivity index (χ4v) is 5.19. The summed E-state index contributed by atoms with van der Waals surface area (Å²) in [6, 6.07) is 0. The Morgan fingerprint density at radius 2 is 2.04 bits per heavy atom. The summed E-state index contributed by atoms with van der Waals surface area (Å²) >= 11 is 3.27. The minimum absolute atomic E-state index is 0.483. The molecule has 0 saturated heterocycles. The molecule has 2 aliphatic rings. The van der Waals surface area contributed by atoms with Gasteiger partial charge in [0.2, 0.25) is 11.8 Å². The number of rotatable bonds is 4. The molecule has 1 fully saturated rings. The van der Waals surface area contributed by atoms with Gasteiger partial charge >= 0.3 is 0 Å². The highest BCUT2D eigenvalue weighted by Crippen LogP contribution is 2.40. The van der Waals surface area contributed by atoms with Gasteiger partial charge in [-0.25, -0.2) is 9.97 Å². The lowest BCUT2D eigenvalue weighted by atomic mass is 9.97. The fraction of sp³-hybridized carbons (Fsp3) is 0.500. The molecule has 0 aromatic carbocycles. The molecule has 0 aliphatic heterocycles. The fourth-order valence-electron chi connectivity index (χ4n) is 3.18. The number of anilines is 1. The Labute approximate surface area is 147 Å². The van der Waals surface area contributed by atoms with Crippen molar-refractivity contribution >= 4 is 39.1 Å². The van der Waals surface area contributed by atoms with Crippen LogP contribution in [0.15, 0.2) is 9.57 Å². The van der Waals surface area contributed by atoms with Crippen molar-refractivity contribution in [2.24, 2.45) is 0 Å². The van der Waals surface area contributed by atoms with Crippen LogP contribution in [0.3, 0.4) is 0 Å². The number of hydrogen-bond donors (Lipinski definition) is 1. The van der Waals surface area contributed by atoms with Crippen LogP contribution in [0.2, 0.25) is 0 Å². The highest BCUT2D eigenvalue weighted by Gasteiger charge is 2.29. The third kappa shape index (κ3) is 2.57. The van der Waals surface area contributed by atoms with Gasteiger partial charge in [-0.05, 0) is 44.1 Å². The van der Waals surface area contributed by atoms with Crippen molar-refractivity contribution in [1.82, 2.24) is 20.2 Å². The van der Waals surface area contributed by atoms with E-state index in [1.807, 2.05) is 0 Å². The first-order valence-electron chi connectivity index (χ1n) is 8.31.